The second-order valence-corrected chi connectivity index (χ2v) is 5.55. The molecule has 0 aliphatic heterocycles. The SMILES string of the molecule is O=C(O)C(c1cc(Br)ccc1F)n1ccc2occc2c1=O. The van der Waals surface area contributed by atoms with E-state index in [0.717, 1.165) is 10.6 Å². The van der Waals surface area contributed by atoms with Crippen LogP contribution in [-0.4, -0.2) is 15.6 Å². The fraction of sp³-hybridized carbons (Fsp3) is 0.0667. The zero-order valence-electron chi connectivity index (χ0n) is 11.0. The first-order valence-electron chi connectivity index (χ1n) is 6.25. The first-order valence-corrected chi connectivity index (χ1v) is 7.04. The Morgan fingerprint density at radius 3 is 2.82 bits per heavy atom. The van der Waals surface area contributed by atoms with Crippen molar-refractivity contribution in [2.75, 3.05) is 0 Å². The van der Waals surface area contributed by atoms with Gasteiger partial charge in [-0.2, -0.15) is 0 Å². The lowest BCUT2D eigenvalue weighted by molar-refractivity contribution is -0.139. The van der Waals surface area contributed by atoms with Crippen LogP contribution in [0.2, 0.25) is 0 Å². The molecule has 112 valence electrons. The highest BCUT2D eigenvalue weighted by Gasteiger charge is 2.27. The van der Waals surface area contributed by atoms with Crippen LogP contribution in [0.15, 0.2) is 56.5 Å². The highest BCUT2D eigenvalue weighted by molar-refractivity contribution is 9.10. The second kappa shape index (κ2) is 5.42. The number of hydrogen-bond donors (Lipinski definition) is 1. The summed E-state index contributed by atoms with van der Waals surface area (Å²) < 4.78 is 20.6. The van der Waals surface area contributed by atoms with Gasteiger partial charge in [0.2, 0.25) is 0 Å². The number of aromatic nitrogens is 1. The maximum absolute atomic E-state index is 14.0. The lowest BCUT2D eigenvalue weighted by Gasteiger charge is -2.17. The van der Waals surface area contributed by atoms with Crippen LogP contribution >= 0.6 is 15.9 Å². The van der Waals surface area contributed by atoms with Crippen molar-refractivity contribution >= 4 is 32.9 Å². The average molecular weight is 366 g/mol. The molecule has 0 spiro atoms. The zero-order valence-corrected chi connectivity index (χ0v) is 12.6. The molecule has 1 unspecified atom stereocenters. The van der Waals surface area contributed by atoms with Gasteiger partial charge in [0.05, 0.1) is 11.6 Å². The summed E-state index contributed by atoms with van der Waals surface area (Å²) in [6, 6.07) is 5.41. The number of carboxylic acids is 1. The molecule has 0 fully saturated rings. The molecule has 0 bridgehead atoms. The van der Waals surface area contributed by atoms with E-state index in [1.54, 1.807) is 0 Å². The topological polar surface area (TPSA) is 72.4 Å². The van der Waals surface area contributed by atoms with Crippen LogP contribution < -0.4 is 5.56 Å². The Hall–Kier alpha value is -2.41. The van der Waals surface area contributed by atoms with Gasteiger partial charge in [0.15, 0.2) is 6.04 Å². The summed E-state index contributed by atoms with van der Waals surface area (Å²) in [6.07, 6.45) is 2.62. The minimum absolute atomic E-state index is 0.105. The van der Waals surface area contributed by atoms with Crippen molar-refractivity contribution in [3.63, 3.8) is 0 Å². The summed E-state index contributed by atoms with van der Waals surface area (Å²) in [5.41, 5.74) is -0.315. The first kappa shape index (κ1) is 14.5. The number of carboxylic acid groups (broad SMARTS) is 1. The molecule has 22 heavy (non-hydrogen) atoms. The van der Waals surface area contributed by atoms with Gasteiger partial charge in [-0.15, -0.1) is 0 Å². The van der Waals surface area contributed by atoms with Crippen molar-refractivity contribution in [1.82, 2.24) is 4.57 Å². The Kier molecular flexibility index (Phi) is 3.58. The van der Waals surface area contributed by atoms with Crippen LogP contribution in [0.4, 0.5) is 4.39 Å². The normalized spacial score (nSPS) is 12.5. The molecule has 3 aromatic rings. The summed E-state index contributed by atoms with van der Waals surface area (Å²) in [4.78, 5) is 24.0. The maximum Gasteiger partial charge on any atom is 0.331 e. The summed E-state index contributed by atoms with van der Waals surface area (Å²) >= 11 is 3.18. The van der Waals surface area contributed by atoms with E-state index < -0.39 is 23.4 Å². The van der Waals surface area contributed by atoms with E-state index in [0.29, 0.717) is 10.1 Å². The molecule has 2 aromatic heterocycles. The molecule has 2 heterocycles. The summed E-state index contributed by atoms with van der Waals surface area (Å²) in [5.74, 6) is -2.03. The van der Waals surface area contributed by atoms with Gasteiger partial charge >= 0.3 is 5.97 Å². The third-order valence-corrected chi connectivity index (χ3v) is 3.80. The second-order valence-electron chi connectivity index (χ2n) is 4.63. The summed E-state index contributed by atoms with van der Waals surface area (Å²) in [6.45, 7) is 0. The van der Waals surface area contributed by atoms with Crippen LogP contribution in [0, 0.1) is 5.82 Å². The molecule has 0 aliphatic carbocycles. The Bertz CT molecular complexity index is 931. The molecule has 0 aliphatic rings. The van der Waals surface area contributed by atoms with Gasteiger partial charge in [0.1, 0.15) is 11.4 Å². The predicted molar refractivity (Wildman–Crippen MR) is 80.3 cm³/mol. The monoisotopic (exact) mass is 365 g/mol. The van der Waals surface area contributed by atoms with Gasteiger partial charge in [-0.3, -0.25) is 9.36 Å². The molecule has 1 atom stereocenters. The van der Waals surface area contributed by atoms with Crippen LogP contribution in [0.5, 0.6) is 0 Å². The molecule has 0 radical (unpaired) electrons. The molecule has 0 saturated heterocycles. The van der Waals surface area contributed by atoms with E-state index in [-0.39, 0.29) is 10.9 Å². The number of halogens is 2. The van der Waals surface area contributed by atoms with Crippen LogP contribution in [0.1, 0.15) is 11.6 Å². The number of pyridine rings is 1. The lowest BCUT2D eigenvalue weighted by Crippen LogP contribution is -2.30. The predicted octanol–water partition coefficient (Wildman–Crippen LogP) is 3.17. The molecule has 7 heteroatoms. The third kappa shape index (κ3) is 2.33. The number of benzene rings is 1. The van der Waals surface area contributed by atoms with E-state index in [1.165, 1.54) is 36.7 Å². The smallest absolute Gasteiger partial charge is 0.331 e. The van der Waals surface area contributed by atoms with Crippen molar-refractivity contribution in [3.8, 4) is 0 Å². The van der Waals surface area contributed by atoms with Crippen LogP contribution in [0.25, 0.3) is 11.0 Å². The lowest BCUT2D eigenvalue weighted by atomic mass is 10.1. The summed E-state index contributed by atoms with van der Waals surface area (Å²) in [5, 5.41) is 9.72. The molecule has 0 saturated carbocycles. The number of furan rings is 1. The van der Waals surface area contributed by atoms with Crippen molar-refractivity contribution in [3.05, 3.63) is 69.0 Å². The molecule has 0 amide bonds. The van der Waals surface area contributed by atoms with Crippen molar-refractivity contribution in [2.24, 2.45) is 0 Å². The molecule has 1 aromatic carbocycles. The van der Waals surface area contributed by atoms with Crippen molar-refractivity contribution in [1.29, 1.82) is 0 Å². The molecule has 1 N–H and O–H groups in total. The van der Waals surface area contributed by atoms with Crippen molar-refractivity contribution < 1.29 is 18.7 Å². The van der Waals surface area contributed by atoms with Crippen molar-refractivity contribution in [2.45, 2.75) is 6.04 Å². The highest BCUT2D eigenvalue weighted by Crippen LogP contribution is 2.25. The Morgan fingerprint density at radius 1 is 1.32 bits per heavy atom. The largest absolute Gasteiger partial charge is 0.479 e. The standard InChI is InChI=1S/C15H9BrFNO4/c16-8-1-2-11(17)10(7-8)13(15(20)21)18-5-3-12-9(14(18)19)4-6-22-12/h1-7,13H,(H,20,21). The molecular weight excluding hydrogens is 357 g/mol. The molecule has 5 nitrogen and oxygen atoms in total. The van der Waals surface area contributed by atoms with E-state index in [9.17, 15) is 19.1 Å². The van der Waals surface area contributed by atoms with Gasteiger partial charge in [-0.05, 0) is 30.3 Å². The van der Waals surface area contributed by atoms with Gasteiger partial charge < -0.3 is 9.52 Å². The van der Waals surface area contributed by atoms with Gasteiger partial charge in [-0.25, -0.2) is 9.18 Å². The fourth-order valence-corrected chi connectivity index (χ4v) is 2.69. The average Bonchev–Trinajstić information content (AvgIpc) is 2.94. The van der Waals surface area contributed by atoms with Gasteiger partial charge in [0, 0.05) is 16.2 Å². The molecule has 3 rings (SSSR count). The Labute approximate surface area is 131 Å². The first-order chi connectivity index (χ1) is 10.5. The van der Waals surface area contributed by atoms with E-state index in [2.05, 4.69) is 15.9 Å². The quantitative estimate of drug-likeness (QED) is 0.773. The fourth-order valence-electron chi connectivity index (χ4n) is 2.31. The summed E-state index contributed by atoms with van der Waals surface area (Å²) in [7, 11) is 0. The number of aliphatic carboxylic acids is 1. The third-order valence-electron chi connectivity index (χ3n) is 3.31. The molecular formula is C15H9BrFNO4. The van der Waals surface area contributed by atoms with Gasteiger partial charge in [0.25, 0.3) is 5.56 Å². The van der Waals surface area contributed by atoms with Crippen LogP contribution in [0.3, 0.4) is 0 Å². The Morgan fingerprint density at radius 2 is 2.09 bits per heavy atom. The van der Waals surface area contributed by atoms with E-state index in [4.69, 9.17) is 4.42 Å². The van der Waals surface area contributed by atoms with E-state index in [1.807, 2.05) is 0 Å². The van der Waals surface area contributed by atoms with Crippen LogP contribution in [-0.2, 0) is 4.79 Å². The van der Waals surface area contributed by atoms with E-state index >= 15 is 0 Å². The minimum atomic E-state index is -1.47. The number of carbonyl (C=O) groups is 1. The maximum atomic E-state index is 14.0. The zero-order chi connectivity index (χ0) is 15.9. The number of fused-ring (bicyclic) bond motifs is 1. The Balaban J connectivity index is 2.27. The number of rotatable bonds is 3. The highest BCUT2D eigenvalue weighted by atomic mass is 79.9. The number of nitrogens with zero attached hydrogens (tertiary/aromatic N) is 1. The van der Waals surface area contributed by atoms with Gasteiger partial charge in [-0.1, -0.05) is 15.9 Å². The minimum Gasteiger partial charge on any atom is -0.479 e. The number of hydrogen-bond acceptors (Lipinski definition) is 3.